The molecule has 0 saturated heterocycles. The van der Waals surface area contributed by atoms with Gasteiger partial charge in [-0.25, -0.2) is 4.98 Å². The number of H-pyrrole nitrogens is 1. The number of anilines is 1. The number of carbonyl (C=O) groups is 2. The van der Waals surface area contributed by atoms with Crippen LogP contribution >= 0.6 is 0 Å². The Hall–Kier alpha value is -4.24. The number of hydrogen-bond donors (Lipinski definition) is 3. The molecule has 0 bridgehead atoms. The first-order valence-electron chi connectivity index (χ1n) is 11.3. The number of hydrogen-bond acceptors (Lipinski definition) is 6. The molecule has 2 heterocycles. The number of para-hydroxylation sites is 2. The van der Waals surface area contributed by atoms with Crippen molar-refractivity contribution in [2.45, 2.75) is 33.0 Å². The van der Waals surface area contributed by atoms with Gasteiger partial charge in [-0.05, 0) is 50.2 Å². The lowest BCUT2D eigenvalue weighted by Crippen LogP contribution is -2.38. The van der Waals surface area contributed by atoms with Crippen molar-refractivity contribution in [1.82, 2.24) is 20.2 Å². The van der Waals surface area contributed by atoms with Crippen LogP contribution < -0.4 is 16.2 Å². The van der Waals surface area contributed by atoms with E-state index in [2.05, 4.69) is 20.6 Å². The number of nitrogens with one attached hydrogen (secondary N) is 3. The molecule has 0 unspecified atom stereocenters. The van der Waals surface area contributed by atoms with E-state index in [9.17, 15) is 14.4 Å². The molecule has 2 aromatic heterocycles. The highest BCUT2D eigenvalue weighted by atomic mass is 16.3. The molecular formula is C26H27N5O4. The molecule has 0 atom stereocenters. The molecule has 0 aliphatic heterocycles. The van der Waals surface area contributed by atoms with E-state index >= 15 is 0 Å². The van der Waals surface area contributed by atoms with E-state index < -0.39 is 0 Å². The van der Waals surface area contributed by atoms with Gasteiger partial charge in [-0.1, -0.05) is 24.3 Å². The monoisotopic (exact) mass is 473 g/mol. The predicted octanol–water partition coefficient (Wildman–Crippen LogP) is 3.30. The van der Waals surface area contributed by atoms with Crippen LogP contribution in [0.15, 0.2) is 76.1 Å². The molecule has 0 aliphatic carbocycles. The third-order valence-corrected chi connectivity index (χ3v) is 5.54. The molecule has 2 amide bonds. The van der Waals surface area contributed by atoms with Crippen molar-refractivity contribution < 1.29 is 14.0 Å². The van der Waals surface area contributed by atoms with Crippen molar-refractivity contribution in [3.8, 4) is 0 Å². The second kappa shape index (κ2) is 10.8. The number of aromatic nitrogens is 2. The van der Waals surface area contributed by atoms with Crippen LogP contribution in [-0.2, 0) is 17.9 Å². The fourth-order valence-electron chi connectivity index (χ4n) is 3.66. The first-order chi connectivity index (χ1) is 16.9. The largest absolute Gasteiger partial charge is 0.467 e. The summed E-state index contributed by atoms with van der Waals surface area (Å²) in [6.45, 7) is 4.50. The molecule has 0 fully saturated rings. The first-order valence-corrected chi connectivity index (χ1v) is 11.3. The molecule has 2 aromatic carbocycles. The standard InChI is InChI=1S/C26H27N5O4/c1-17(2)31(15-23-28-21-11-5-4-10-20(21)26(34)30-23)16-24(32)29-22-12-6-3-9-19(22)25(33)27-14-18-8-7-13-35-18/h3-13,17H,14-16H2,1-2H3,(H,27,33)(H,29,32)(H,28,30,34). The van der Waals surface area contributed by atoms with Gasteiger partial charge in [-0.2, -0.15) is 0 Å². The summed E-state index contributed by atoms with van der Waals surface area (Å²) in [5.74, 6) is 0.504. The molecule has 0 radical (unpaired) electrons. The SMILES string of the molecule is CC(C)N(CC(=O)Nc1ccccc1C(=O)NCc1ccco1)Cc1nc2ccccc2c(=O)[nH]1. The Morgan fingerprint density at radius 1 is 1.06 bits per heavy atom. The zero-order valence-corrected chi connectivity index (χ0v) is 19.6. The van der Waals surface area contributed by atoms with E-state index in [-0.39, 0.29) is 43.0 Å². The summed E-state index contributed by atoms with van der Waals surface area (Å²) < 4.78 is 5.24. The molecule has 0 aliphatic rings. The zero-order chi connectivity index (χ0) is 24.8. The highest BCUT2D eigenvalue weighted by Gasteiger charge is 2.19. The Morgan fingerprint density at radius 3 is 2.60 bits per heavy atom. The maximum absolute atomic E-state index is 12.9. The highest BCUT2D eigenvalue weighted by Crippen LogP contribution is 2.16. The Balaban J connectivity index is 1.44. The van der Waals surface area contributed by atoms with Crippen LogP contribution in [0.1, 0.15) is 35.8 Å². The Kier molecular flexibility index (Phi) is 7.37. The third kappa shape index (κ3) is 6.01. The smallest absolute Gasteiger partial charge is 0.258 e. The number of nitrogens with zero attached hydrogens (tertiary/aromatic N) is 2. The Morgan fingerprint density at radius 2 is 1.83 bits per heavy atom. The van der Waals surface area contributed by atoms with Crippen LogP contribution in [0.3, 0.4) is 0 Å². The van der Waals surface area contributed by atoms with Gasteiger partial charge in [-0.15, -0.1) is 0 Å². The lowest BCUT2D eigenvalue weighted by Gasteiger charge is -2.25. The number of benzene rings is 2. The van der Waals surface area contributed by atoms with E-state index in [4.69, 9.17) is 4.42 Å². The average molecular weight is 474 g/mol. The minimum absolute atomic E-state index is 0.00404. The number of carbonyl (C=O) groups excluding carboxylic acids is 2. The lowest BCUT2D eigenvalue weighted by molar-refractivity contribution is -0.117. The first kappa shape index (κ1) is 23.9. The molecule has 4 rings (SSSR count). The van der Waals surface area contributed by atoms with Crippen molar-refractivity contribution in [3.05, 3.63) is 94.4 Å². The molecule has 3 N–H and O–H groups in total. The van der Waals surface area contributed by atoms with Gasteiger partial charge in [0.15, 0.2) is 0 Å². The summed E-state index contributed by atoms with van der Waals surface area (Å²) in [6.07, 6.45) is 1.54. The van der Waals surface area contributed by atoms with E-state index in [1.54, 1.807) is 60.9 Å². The Bertz CT molecular complexity index is 1380. The minimum atomic E-state index is -0.323. The molecule has 35 heavy (non-hydrogen) atoms. The summed E-state index contributed by atoms with van der Waals surface area (Å²) >= 11 is 0. The van der Waals surface area contributed by atoms with Gasteiger partial charge in [0, 0.05) is 6.04 Å². The second-order valence-corrected chi connectivity index (χ2v) is 8.38. The maximum atomic E-state index is 12.9. The van der Waals surface area contributed by atoms with Crippen LogP contribution in [0.5, 0.6) is 0 Å². The van der Waals surface area contributed by atoms with E-state index in [0.29, 0.717) is 33.7 Å². The maximum Gasteiger partial charge on any atom is 0.258 e. The molecule has 9 nitrogen and oxygen atoms in total. The topological polar surface area (TPSA) is 120 Å². The van der Waals surface area contributed by atoms with Crippen LogP contribution in [-0.4, -0.2) is 39.3 Å². The number of aromatic amines is 1. The molecular weight excluding hydrogens is 446 g/mol. The quantitative estimate of drug-likeness (QED) is 0.343. The second-order valence-electron chi connectivity index (χ2n) is 8.38. The van der Waals surface area contributed by atoms with Crippen LogP contribution in [0.25, 0.3) is 10.9 Å². The third-order valence-electron chi connectivity index (χ3n) is 5.54. The summed E-state index contributed by atoms with van der Waals surface area (Å²) in [5.41, 5.74) is 1.15. The van der Waals surface area contributed by atoms with Gasteiger partial charge in [0.2, 0.25) is 5.91 Å². The van der Waals surface area contributed by atoms with Crippen LogP contribution in [0.2, 0.25) is 0 Å². The molecule has 4 aromatic rings. The van der Waals surface area contributed by atoms with Crippen molar-refractivity contribution in [2.24, 2.45) is 0 Å². The van der Waals surface area contributed by atoms with Gasteiger partial charge in [0.25, 0.3) is 11.5 Å². The van der Waals surface area contributed by atoms with E-state index in [0.717, 1.165) is 0 Å². The summed E-state index contributed by atoms with van der Waals surface area (Å²) in [6, 6.07) is 17.5. The van der Waals surface area contributed by atoms with Gasteiger partial charge in [0.1, 0.15) is 11.6 Å². The van der Waals surface area contributed by atoms with E-state index in [1.807, 2.05) is 24.8 Å². The predicted molar refractivity (Wildman–Crippen MR) is 133 cm³/mol. The van der Waals surface area contributed by atoms with Gasteiger partial charge >= 0.3 is 0 Å². The normalized spacial score (nSPS) is 11.2. The van der Waals surface area contributed by atoms with E-state index in [1.165, 1.54) is 0 Å². The highest BCUT2D eigenvalue weighted by molar-refractivity contribution is 6.04. The minimum Gasteiger partial charge on any atom is -0.467 e. The summed E-state index contributed by atoms with van der Waals surface area (Å²) in [5, 5.41) is 6.15. The molecule has 180 valence electrons. The van der Waals surface area contributed by atoms with Crippen molar-refractivity contribution in [1.29, 1.82) is 0 Å². The number of rotatable bonds is 9. The Labute approximate surface area is 202 Å². The fourth-order valence-corrected chi connectivity index (χ4v) is 3.66. The molecule has 0 saturated carbocycles. The van der Waals surface area contributed by atoms with Gasteiger partial charge in [-0.3, -0.25) is 19.3 Å². The fraction of sp³-hybridized carbons (Fsp3) is 0.231. The zero-order valence-electron chi connectivity index (χ0n) is 19.6. The number of furan rings is 1. The number of amides is 2. The van der Waals surface area contributed by atoms with Crippen LogP contribution in [0.4, 0.5) is 5.69 Å². The summed E-state index contributed by atoms with van der Waals surface area (Å²) in [4.78, 5) is 47.3. The van der Waals surface area contributed by atoms with Crippen molar-refractivity contribution in [3.63, 3.8) is 0 Å². The summed E-state index contributed by atoms with van der Waals surface area (Å²) in [7, 11) is 0. The van der Waals surface area contributed by atoms with Crippen LogP contribution in [0, 0.1) is 0 Å². The van der Waals surface area contributed by atoms with Crippen molar-refractivity contribution in [2.75, 3.05) is 11.9 Å². The lowest BCUT2D eigenvalue weighted by atomic mass is 10.1. The number of fused-ring (bicyclic) bond motifs is 1. The van der Waals surface area contributed by atoms with Gasteiger partial charge < -0.3 is 20.0 Å². The van der Waals surface area contributed by atoms with Gasteiger partial charge in [0.05, 0.1) is 48.1 Å². The average Bonchev–Trinajstić information content (AvgIpc) is 3.36. The molecule has 9 heteroatoms. The molecule has 0 spiro atoms. The van der Waals surface area contributed by atoms with Crippen molar-refractivity contribution >= 4 is 28.4 Å².